The molecule has 0 atom stereocenters. The van der Waals surface area contributed by atoms with Gasteiger partial charge in [-0.2, -0.15) is 0 Å². The van der Waals surface area contributed by atoms with Crippen molar-refractivity contribution in [1.29, 1.82) is 0 Å². The number of amides is 2. The lowest BCUT2D eigenvalue weighted by molar-refractivity contribution is -0.118. The summed E-state index contributed by atoms with van der Waals surface area (Å²) in [5.74, 6) is 1.46. The number of fused-ring (bicyclic) bond motifs is 1. The van der Waals surface area contributed by atoms with Crippen molar-refractivity contribution in [3.05, 3.63) is 75.5 Å². The van der Waals surface area contributed by atoms with Crippen LogP contribution in [0, 0.1) is 5.92 Å². The van der Waals surface area contributed by atoms with E-state index < -0.39 is 0 Å². The minimum absolute atomic E-state index is 0.0204. The molecule has 0 saturated carbocycles. The van der Waals surface area contributed by atoms with Crippen molar-refractivity contribution in [3.8, 4) is 11.3 Å². The van der Waals surface area contributed by atoms with Crippen molar-refractivity contribution in [2.24, 2.45) is 5.92 Å². The third kappa shape index (κ3) is 4.63. The molecule has 0 unspecified atom stereocenters. The maximum Gasteiger partial charge on any atom is 0.254 e. The molecule has 31 heavy (non-hydrogen) atoms. The summed E-state index contributed by atoms with van der Waals surface area (Å²) in [6.45, 7) is 4.75. The van der Waals surface area contributed by atoms with Crippen molar-refractivity contribution in [2.75, 3.05) is 11.9 Å². The van der Waals surface area contributed by atoms with Gasteiger partial charge < -0.3 is 14.6 Å². The largest absolute Gasteiger partial charge is 0.461 e. The van der Waals surface area contributed by atoms with Gasteiger partial charge in [-0.25, -0.2) is 0 Å². The molecule has 0 radical (unpaired) electrons. The van der Waals surface area contributed by atoms with Crippen LogP contribution in [0.2, 0.25) is 10.0 Å². The summed E-state index contributed by atoms with van der Waals surface area (Å²) in [7, 11) is 0. The minimum atomic E-state index is -0.0859. The molecular formula is C24H22Cl2N2O3. The lowest BCUT2D eigenvalue weighted by Crippen LogP contribution is -2.35. The highest BCUT2D eigenvalue weighted by Gasteiger charge is 2.25. The molecule has 1 aliphatic rings. The Bertz CT molecular complexity index is 1140. The molecule has 0 aliphatic carbocycles. The lowest BCUT2D eigenvalue weighted by Gasteiger charge is -2.26. The average molecular weight is 457 g/mol. The fourth-order valence-corrected chi connectivity index (χ4v) is 3.76. The monoisotopic (exact) mass is 456 g/mol. The summed E-state index contributed by atoms with van der Waals surface area (Å²) >= 11 is 12.0. The van der Waals surface area contributed by atoms with Crippen LogP contribution in [0.25, 0.3) is 11.3 Å². The fraction of sp³-hybridized carbons (Fsp3) is 0.250. The third-order valence-corrected chi connectivity index (χ3v) is 6.02. The normalized spacial score (nSPS) is 13.3. The average Bonchev–Trinajstić information content (AvgIpc) is 3.19. The SMILES string of the molecule is CC(C)C(=O)Nc1ccc(-c2cc3c(o2)CCN(C(=O)c2ccc(Cl)c(Cl)c2)C3)cc1. The standard InChI is InChI=1S/C24H22Cl2N2O3/c1-14(2)23(29)27-18-6-3-15(4-7-18)22-12-17-13-28(10-9-21(17)31-22)24(30)16-5-8-19(25)20(26)11-16/h3-8,11-12,14H,9-10,13H2,1-2H3,(H,27,29). The highest BCUT2D eigenvalue weighted by atomic mass is 35.5. The van der Waals surface area contributed by atoms with E-state index in [1.165, 1.54) is 0 Å². The molecule has 5 nitrogen and oxygen atoms in total. The number of rotatable bonds is 4. The van der Waals surface area contributed by atoms with E-state index in [-0.39, 0.29) is 17.7 Å². The van der Waals surface area contributed by atoms with Crippen LogP contribution in [0.4, 0.5) is 5.69 Å². The maximum atomic E-state index is 12.9. The second kappa shape index (κ2) is 8.77. The van der Waals surface area contributed by atoms with Crippen LogP contribution in [0.5, 0.6) is 0 Å². The second-order valence-electron chi connectivity index (χ2n) is 7.89. The number of hydrogen-bond donors (Lipinski definition) is 1. The van der Waals surface area contributed by atoms with E-state index in [4.69, 9.17) is 27.6 Å². The molecule has 160 valence electrons. The highest BCUT2D eigenvalue weighted by Crippen LogP contribution is 2.31. The summed E-state index contributed by atoms with van der Waals surface area (Å²) in [5, 5.41) is 3.67. The molecule has 0 bridgehead atoms. The van der Waals surface area contributed by atoms with Gasteiger partial charge in [0.05, 0.1) is 10.0 Å². The Morgan fingerprint density at radius 2 is 1.77 bits per heavy atom. The minimum Gasteiger partial charge on any atom is -0.461 e. The van der Waals surface area contributed by atoms with Gasteiger partial charge in [-0.3, -0.25) is 9.59 Å². The number of benzene rings is 2. The molecule has 2 aromatic carbocycles. The highest BCUT2D eigenvalue weighted by molar-refractivity contribution is 6.42. The molecule has 0 saturated heterocycles. The Morgan fingerprint density at radius 1 is 1.03 bits per heavy atom. The van der Waals surface area contributed by atoms with Crippen LogP contribution in [0.15, 0.2) is 52.9 Å². The first-order chi connectivity index (χ1) is 14.8. The Labute approximate surface area is 190 Å². The zero-order valence-corrected chi connectivity index (χ0v) is 18.8. The van der Waals surface area contributed by atoms with E-state index in [1.807, 2.05) is 44.2 Å². The van der Waals surface area contributed by atoms with E-state index in [2.05, 4.69) is 5.32 Å². The summed E-state index contributed by atoms with van der Waals surface area (Å²) in [4.78, 5) is 26.5. The summed E-state index contributed by atoms with van der Waals surface area (Å²) < 4.78 is 6.06. The summed E-state index contributed by atoms with van der Waals surface area (Å²) in [6.07, 6.45) is 0.644. The molecule has 0 fully saturated rings. The lowest BCUT2D eigenvalue weighted by atomic mass is 10.1. The predicted molar refractivity (Wildman–Crippen MR) is 123 cm³/mol. The van der Waals surface area contributed by atoms with Gasteiger partial charge in [0.15, 0.2) is 0 Å². The Hall–Kier alpha value is -2.76. The van der Waals surface area contributed by atoms with Gasteiger partial charge in [-0.15, -0.1) is 0 Å². The predicted octanol–water partition coefficient (Wildman–Crippen LogP) is 6.05. The summed E-state index contributed by atoms with van der Waals surface area (Å²) in [6, 6.07) is 14.4. The van der Waals surface area contributed by atoms with Crippen LogP contribution in [-0.4, -0.2) is 23.3 Å². The van der Waals surface area contributed by atoms with Crippen LogP contribution in [-0.2, 0) is 17.8 Å². The topological polar surface area (TPSA) is 62.6 Å². The number of nitrogens with one attached hydrogen (secondary N) is 1. The molecule has 4 rings (SSSR count). The van der Waals surface area contributed by atoms with Crippen molar-refractivity contribution in [3.63, 3.8) is 0 Å². The molecular weight excluding hydrogens is 435 g/mol. The number of carbonyl (C=O) groups is 2. The molecule has 7 heteroatoms. The number of nitrogens with zero attached hydrogens (tertiary/aromatic N) is 1. The molecule has 2 heterocycles. The molecule has 1 aromatic heterocycles. The quantitative estimate of drug-likeness (QED) is 0.519. The van der Waals surface area contributed by atoms with E-state index in [0.717, 1.165) is 28.3 Å². The van der Waals surface area contributed by atoms with Gasteiger partial charge in [0, 0.05) is 47.8 Å². The maximum absolute atomic E-state index is 12.9. The van der Waals surface area contributed by atoms with E-state index >= 15 is 0 Å². The van der Waals surface area contributed by atoms with Crippen LogP contribution >= 0.6 is 23.2 Å². The van der Waals surface area contributed by atoms with Gasteiger partial charge in [0.25, 0.3) is 5.91 Å². The number of furan rings is 1. The zero-order valence-electron chi connectivity index (χ0n) is 17.2. The van der Waals surface area contributed by atoms with Gasteiger partial charge >= 0.3 is 0 Å². The van der Waals surface area contributed by atoms with Crippen LogP contribution in [0.1, 0.15) is 35.5 Å². The van der Waals surface area contributed by atoms with Gasteiger partial charge in [0.1, 0.15) is 11.5 Å². The van der Waals surface area contributed by atoms with Crippen molar-refractivity contribution in [2.45, 2.75) is 26.8 Å². The summed E-state index contributed by atoms with van der Waals surface area (Å²) in [5.41, 5.74) is 3.17. The van der Waals surface area contributed by atoms with E-state index in [9.17, 15) is 9.59 Å². The third-order valence-electron chi connectivity index (χ3n) is 5.28. The Kier molecular flexibility index (Phi) is 6.08. The first-order valence-corrected chi connectivity index (χ1v) is 10.8. The number of carbonyl (C=O) groups excluding carboxylic acids is 2. The van der Waals surface area contributed by atoms with Crippen LogP contribution < -0.4 is 5.32 Å². The molecule has 1 aliphatic heterocycles. The first-order valence-electron chi connectivity index (χ1n) is 10.1. The van der Waals surface area contributed by atoms with E-state index in [0.29, 0.717) is 35.1 Å². The zero-order chi connectivity index (χ0) is 22.1. The van der Waals surface area contributed by atoms with Gasteiger partial charge in [-0.05, 0) is 48.5 Å². The van der Waals surface area contributed by atoms with Crippen LogP contribution in [0.3, 0.4) is 0 Å². The van der Waals surface area contributed by atoms with Crippen molar-refractivity contribution in [1.82, 2.24) is 4.90 Å². The fourth-order valence-electron chi connectivity index (χ4n) is 3.46. The van der Waals surface area contributed by atoms with Gasteiger partial charge in [0.2, 0.25) is 5.91 Å². The number of hydrogen-bond acceptors (Lipinski definition) is 3. The smallest absolute Gasteiger partial charge is 0.254 e. The molecule has 1 N–H and O–H groups in total. The molecule has 0 spiro atoms. The van der Waals surface area contributed by atoms with Crippen molar-refractivity contribution < 1.29 is 14.0 Å². The Balaban J connectivity index is 1.48. The van der Waals surface area contributed by atoms with Crippen molar-refractivity contribution >= 4 is 40.7 Å². The van der Waals surface area contributed by atoms with Gasteiger partial charge in [-0.1, -0.05) is 37.0 Å². The second-order valence-corrected chi connectivity index (χ2v) is 8.70. The number of halogens is 2. The number of anilines is 1. The molecule has 2 amide bonds. The molecule has 3 aromatic rings. The Morgan fingerprint density at radius 3 is 2.45 bits per heavy atom. The first kappa shape index (κ1) is 21.5. The van der Waals surface area contributed by atoms with E-state index in [1.54, 1.807) is 23.1 Å².